The number of para-hydroxylation sites is 1. The normalized spacial score (nSPS) is 11.0. The minimum Gasteiger partial charge on any atom is -0.460 e. The Morgan fingerprint density at radius 3 is 2.32 bits per heavy atom. The molecule has 5 nitrogen and oxygen atoms in total. The minimum absolute atomic E-state index is 0.112. The van der Waals surface area contributed by atoms with Crippen LogP contribution in [0.4, 0.5) is 11.4 Å². The number of nitrogens with one attached hydrogen (secondary N) is 1. The Hall–Kier alpha value is -3.08. The van der Waals surface area contributed by atoms with Crippen LogP contribution < -0.4 is 10.2 Å². The molecule has 3 rings (SSSR count). The summed E-state index contributed by atoms with van der Waals surface area (Å²) < 4.78 is 5.97. The first-order valence-corrected chi connectivity index (χ1v) is 11.1. The second-order valence-corrected chi connectivity index (χ2v) is 7.74. The van der Waals surface area contributed by atoms with Crippen molar-refractivity contribution in [3.63, 3.8) is 0 Å². The lowest BCUT2D eigenvalue weighted by Gasteiger charge is -2.28. The van der Waals surface area contributed by atoms with Gasteiger partial charge < -0.3 is 14.6 Å². The smallest absolute Gasteiger partial charge is 0.224 e. The molecule has 5 heteroatoms. The molecule has 0 spiro atoms. The number of carbonyl (C=O) groups is 2. The number of benzene rings is 2. The number of aryl methyl sites for hydroxylation is 2. The van der Waals surface area contributed by atoms with E-state index in [-0.39, 0.29) is 11.7 Å². The molecule has 0 aliphatic heterocycles. The van der Waals surface area contributed by atoms with Crippen LogP contribution in [0.5, 0.6) is 0 Å². The van der Waals surface area contributed by atoms with Gasteiger partial charge in [0.25, 0.3) is 0 Å². The van der Waals surface area contributed by atoms with E-state index < -0.39 is 0 Å². The number of carbonyl (C=O) groups excluding carboxylic acids is 2. The number of amides is 1. The predicted octanol–water partition coefficient (Wildman–Crippen LogP) is 6.04. The Bertz CT molecular complexity index is 1120. The molecule has 0 radical (unpaired) electrons. The fraction of sp³-hybridized carbons (Fsp3) is 0.385. The van der Waals surface area contributed by atoms with E-state index >= 15 is 0 Å². The lowest BCUT2D eigenvalue weighted by atomic mass is 9.92. The standard InChI is InChI=1S/C26H32N2O3/c1-7-20-23(18-13-11-12-14-21(18)31-20)26(30)19-15-16(5)25(28(9-3)10-4)17(6)24(19)27-22(29)8-2/h11-15H,7-10H2,1-6H3,(H,27,29). The maximum atomic E-state index is 13.9. The summed E-state index contributed by atoms with van der Waals surface area (Å²) in [5, 5.41) is 3.82. The van der Waals surface area contributed by atoms with Gasteiger partial charge in [-0.15, -0.1) is 0 Å². The summed E-state index contributed by atoms with van der Waals surface area (Å²) in [5.74, 6) is 0.437. The Kier molecular flexibility index (Phi) is 6.84. The molecule has 2 aromatic carbocycles. The quantitative estimate of drug-likeness (QED) is 0.451. The highest BCUT2D eigenvalue weighted by Gasteiger charge is 2.27. The number of furan rings is 1. The molecule has 0 saturated carbocycles. The topological polar surface area (TPSA) is 62.6 Å². The largest absolute Gasteiger partial charge is 0.460 e. The number of anilines is 2. The fourth-order valence-corrected chi connectivity index (χ4v) is 4.30. The Labute approximate surface area is 184 Å². The van der Waals surface area contributed by atoms with Gasteiger partial charge in [0.05, 0.1) is 11.3 Å². The van der Waals surface area contributed by atoms with E-state index in [2.05, 4.69) is 24.1 Å². The minimum atomic E-state index is -0.120. The van der Waals surface area contributed by atoms with Crippen molar-refractivity contribution < 1.29 is 14.0 Å². The SMILES string of the molecule is CCC(=O)Nc1c(C(=O)c2c(CC)oc3ccccc23)cc(C)c(N(CC)CC)c1C. The van der Waals surface area contributed by atoms with Crippen molar-refractivity contribution in [1.29, 1.82) is 0 Å². The number of ketones is 1. The third-order valence-corrected chi connectivity index (χ3v) is 5.86. The van der Waals surface area contributed by atoms with Gasteiger partial charge in [-0.05, 0) is 51.0 Å². The van der Waals surface area contributed by atoms with Gasteiger partial charge in [0.15, 0.2) is 5.78 Å². The molecule has 1 N–H and O–H groups in total. The maximum Gasteiger partial charge on any atom is 0.224 e. The van der Waals surface area contributed by atoms with Crippen molar-refractivity contribution in [3.05, 3.63) is 58.3 Å². The van der Waals surface area contributed by atoms with Gasteiger partial charge in [0.1, 0.15) is 11.3 Å². The van der Waals surface area contributed by atoms with Gasteiger partial charge in [0, 0.05) is 42.6 Å². The number of hydrogen-bond donors (Lipinski definition) is 1. The molecule has 0 unspecified atom stereocenters. The van der Waals surface area contributed by atoms with Crippen LogP contribution in [0, 0.1) is 13.8 Å². The molecule has 0 saturated heterocycles. The van der Waals surface area contributed by atoms with Crippen LogP contribution in [-0.4, -0.2) is 24.8 Å². The van der Waals surface area contributed by atoms with Crippen LogP contribution in [0.3, 0.4) is 0 Å². The molecule has 3 aromatic rings. The van der Waals surface area contributed by atoms with E-state index in [1.54, 1.807) is 0 Å². The Balaban J connectivity index is 2.27. The van der Waals surface area contributed by atoms with Crippen molar-refractivity contribution in [3.8, 4) is 0 Å². The first-order valence-electron chi connectivity index (χ1n) is 11.1. The van der Waals surface area contributed by atoms with E-state index in [0.717, 1.165) is 35.3 Å². The molecular formula is C26H32N2O3. The summed E-state index contributed by atoms with van der Waals surface area (Å²) in [4.78, 5) is 28.5. The van der Waals surface area contributed by atoms with Crippen LogP contribution in [0.2, 0.25) is 0 Å². The molecule has 1 heterocycles. The zero-order valence-corrected chi connectivity index (χ0v) is 19.4. The average Bonchev–Trinajstić information content (AvgIpc) is 3.16. The summed E-state index contributed by atoms with van der Waals surface area (Å²) in [6.07, 6.45) is 0.957. The first kappa shape index (κ1) is 22.6. The fourth-order valence-electron chi connectivity index (χ4n) is 4.30. The molecule has 0 aliphatic carbocycles. The van der Waals surface area contributed by atoms with Gasteiger partial charge in [-0.1, -0.05) is 32.0 Å². The summed E-state index contributed by atoms with van der Waals surface area (Å²) in [6.45, 7) is 13.7. The van der Waals surface area contributed by atoms with Crippen LogP contribution in [0.1, 0.15) is 66.9 Å². The molecule has 164 valence electrons. The van der Waals surface area contributed by atoms with Gasteiger partial charge in [-0.2, -0.15) is 0 Å². The highest BCUT2D eigenvalue weighted by atomic mass is 16.3. The van der Waals surface area contributed by atoms with Crippen LogP contribution in [0.25, 0.3) is 11.0 Å². The van der Waals surface area contributed by atoms with E-state index in [1.807, 2.05) is 58.0 Å². The summed E-state index contributed by atoms with van der Waals surface area (Å²) in [6, 6.07) is 9.52. The van der Waals surface area contributed by atoms with Gasteiger partial charge in [0.2, 0.25) is 5.91 Å². The van der Waals surface area contributed by atoms with E-state index in [9.17, 15) is 9.59 Å². The maximum absolute atomic E-state index is 13.9. The molecule has 0 atom stereocenters. The lowest BCUT2D eigenvalue weighted by molar-refractivity contribution is -0.115. The summed E-state index contributed by atoms with van der Waals surface area (Å²) in [5.41, 5.74) is 5.39. The second-order valence-electron chi connectivity index (χ2n) is 7.74. The van der Waals surface area contributed by atoms with Crippen LogP contribution in [0.15, 0.2) is 34.7 Å². The highest BCUT2D eigenvalue weighted by molar-refractivity contribution is 6.20. The van der Waals surface area contributed by atoms with Crippen molar-refractivity contribution in [2.24, 2.45) is 0 Å². The third-order valence-electron chi connectivity index (χ3n) is 5.86. The summed E-state index contributed by atoms with van der Waals surface area (Å²) >= 11 is 0. The average molecular weight is 421 g/mol. The molecule has 31 heavy (non-hydrogen) atoms. The summed E-state index contributed by atoms with van der Waals surface area (Å²) in [7, 11) is 0. The number of hydrogen-bond acceptors (Lipinski definition) is 4. The third kappa shape index (κ3) is 4.09. The monoisotopic (exact) mass is 420 g/mol. The predicted molar refractivity (Wildman–Crippen MR) is 127 cm³/mol. The van der Waals surface area contributed by atoms with Crippen molar-refractivity contribution in [1.82, 2.24) is 0 Å². The van der Waals surface area contributed by atoms with Gasteiger partial charge in [-0.3, -0.25) is 9.59 Å². The van der Waals surface area contributed by atoms with Crippen molar-refractivity contribution in [2.75, 3.05) is 23.3 Å². The number of fused-ring (bicyclic) bond motifs is 1. The van der Waals surface area contributed by atoms with Crippen LogP contribution in [-0.2, 0) is 11.2 Å². The molecule has 0 aliphatic rings. The molecular weight excluding hydrogens is 388 g/mol. The Morgan fingerprint density at radius 2 is 1.71 bits per heavy atom. The zero-order chi connectivity index (χ0) is 22.7. The number of rotatable bonds is 8. The second kappa shape index (κ2) is 9.38. The van der Waals surface area contributed by atoms with Gasteiger partial charge >= 0.3 is 0 Å². The Morgan fingerprint density at radius 1 is 1.03 bits per heavy atom. The highest BCUT2D eigenvalue weighted by Crippen LogP contribution is 2.37. The van der Waals surface area contributed by atoms with E-state index in [4.69, 9.17) is 4.42 Å². The molecule has 1 amide bonds. The molecule has 1 aromatic heterocycles. The van der Waals surface area contributed by atoms with Gasteiger partial charge in [-0.25, -0.2) is 0 Å². The van der Waals surface area contributed by atoms with Crippen molar-refractivity contribution in [2.45, 2.75) is 54.4 Å². The lowest BCUT2D eigenvalue weighted by Crippen LogP contribution is -2.25. The number of nitrogens with zero attached hydrogens (tertiary/aromatic N) is 1. The zero-order valence-electron chi connectivity index (χ0n) is 19.4. The van der Waals surface area contributed by atoms with Crippen molar-refractivity contribution >= 4 is 34.0 Å². The van der Waals surface area contributed by atoms with E-state index in [1.165, 1.54) is 0 Å². The van der Waals surface area contributed by atoms with E-state index in [0.29, 0.717) is 41.0 Å². The first-order chi connectivity index (χ1) is 14.9. The molecule has 0 fully saturated rings. The molecule has 0 bridgehead atoms. The van der Waals surface area contributed by atoms with Crippen LogP contribution >= 0.6 is 0 Å².